The molecule has 0 atom stereocenters. The van der Waals surface area contributed by atoms with Crippen molar-refractivity contribution in [1.29, 1.82) is 0 Å². The normalized spacial score (nSPS) is 10.8. The molecule has 0 aliphatic heterocycles. The Bertz CT molecular complexity index is 430. The number of aryl methyl sites for hydroxylation is 2. The zero-order valence-electron chi connectivity index (χ0n) is 11.4. The number of carbonyl (C=O) groups excluding carboxylic acids is 1. The highest BCUT2D eigenvalue weighted by Gasteiger charge is 2.15. The number of benzene rings is 1. The Morgan fingerprint density at radius 1 is 1.39 bits per heavy atom. The second-order valence-corrected chi connectivity index (χ2v) is 4.55. The third-order valence-corrected chi connectivity index (χ3v) is 2.80. The molecule has 4 heteroatoms. The van der Waals surface area contributed by atoms with Gasteiger partial charge in [-0.05, 0) is 50.7 Å². The minimum atomic E-state index is -0.593. The number of hydrogen-bond donors (Lipinski definition) is 0. The number of ether oxygens (including phenoxy) is 1. The van der Waals surface area contributed by atoms with E-state index in [1.807, 2.05) is 32.8 Å². The summed E-state index contributed by atoms with van der Waals surface area (Å²) >= 11 is 0. The van der Waals surface area contributed by atoms with Crippen LogP contribution in [0.15, 0.2) is 12.1 Å². The van der Waals surface area contributed by atoms with Crippen LogP contribution >= 0.6 is 0 Å². The van der Waals surface area contributed by atoms with Crippen molar-refractivity contribution in [2.24, 2.45) is 0 Å². The highest BCUT2D eigenvalue weighted by Crippen LogP contribution is 2.17. The Hall–Kier alpha value is -1.42. The van der Waals surface area contributed by atoms with E-state index in [0.29, 0.717) is 6.54 Å². The van der Waals surface area contributed by atoms with Crippen molar-refractivity contribution >= 4 is 5.97 Å². The van der Waals surface area contributed by atoms with Gasteiger partial charge < -0.3 is 9.64 Å². The quantitative estimate of drug-likeness (QED) is 0.755. The molecule has 0 N–H and O–H groups in total. The van der Waals surface area contributed by atoms with Crippen LogP contribution in [0.25, 0.3) is 0 Å². The predicted molar refractivity (Wildman–Crippen MR) is 69.4 cm³/mol. The fourth-order valence-electron chi connectivity index (χ4n) is 1.65. The lowest BCUT2D eigenvalue weighted by molar-refractivity contribution is 0.0476. The summed E-state index contributed by atoms with van der Waals surface area (Å²) in [6, 6.07) is 2.98. The molecule has 0 saturated carbocycles. The number of hydrogen-bond acceptors (Lipinski definition) is 3. The van der Waals surface area contributed by atoms with E-state index in [1.165, 1.54) is 6.07 Å². The average molecular weight is 253 g/mol. The first-order valence-corrected chi connectivity index (χ1v) is 6.06. The monoisotopic (exact) mass is 253 g/mol. The Morgan fingerprint density at radius 3 is 2.61 bits per heavy atom. The zero-order valence-corrected chi connectivity index (χ0v) is 11.4. The van der Waals surface area contributed by atoms with Gasteiger partial charge in [0.2, 0.25) is 0 Å². The molecule has 0 spiro atoms. The number of rotatable bonds is 5. The molecule has 0 heterocycles. The van der Waals surface area contributed by atoms with E-state index in [4.69, 9.17) is 4.74 Å². The Kier molecular flexibility index (Phi) is 5.28. The lowest BCUT2D eigenvalue weighted by Gasteiger charge is -2.11. The van der Waals surface area contributed by atoms with E-state index < -0.39 is 11.8 Å². The lowest BCUT2D eigenvalue weighted by Crippen LogP contribution is -2.20. The maximum absolute atomic E-state index is 13.7. The van der Waals surface area contributed by atoms with Crippen molar-refractivity contribution in [3.8, 4) is 0 Å². The first kappa shape index (κ1) is 14.6. The molecule has 0 aliphatic rings. The molecule has 18 heavy (non-hydrogen) atoms. The molecule has 0 aliphatic carbocycles. The van der Waals surface area contributed by atoms with Gasteiger partial charge in [0.1, 0.15) is 12.4 Å². The SMILES string of the molecule is CCc1cc(C(=O)OCCN(C)C)c(F)cc1C. The summed E-state index contributed by atoms with van der Waals surface area (Å²) in [5.74, 6) is -1.11. The topological polar surface area (TPSA) is 29.5 Å². The van der Waals surface area contributed by atoms with E-state index >= 15 is 0 Å². The maximum atomic E-state index is 13.7. The standard InChI is InChI=1S/C14H20FNO2/c1-5-11-9-12(13(15)8-10(11)2)14(17)18-7-6-16(3)4/h8-9H,5-7H2,1-4H3. The van der Waals surface area contributed by atoms with Gasteiger partial charge in [0, 0.05) is 6.54 Å². The highest BCUT2D eigenvalue weighted by molar-refractivity contribution is 5.90. The Labute approximate surface area is 108 Å². The summed E-state index contributed by atoms with van der Waals surface area (Å²) in [7, 11) is 3.77. The lowest BCUT2D eigenvalue weighted by atomic mass is 10.0. The highest BCUT2D eigenvalue weighted by atomic mass is 19.1. The molecule has 0 bridgehead atoms. The smallest absolute Gasteiger partial charge is 0.341 e. The number of nitrogens with zero attached hydrogens (tertiary/aromatic N) is 1. The zero-order chi connectivity index (χ0) is 13.7. The molecule has 0 amide bonds. The van der Waals surface area contributed by atoms with Gasteiger partial charge in [0.05, 0.1) is 5.56 Å². The number of halogens is 1. The van der Waals surface area contributed by atoms with Crippen LogP contribution < -0.4 is 0 Å². The second-order valence-electron chi connectivity index (χ2n) is 4.55. The van der Waals surface area contributed by atoms with E-state index in [1.54, 1.807) is 6.07 Å². The van der Waals surface area contributed by atoms with Gasteiger partial charge in [-0.25, -0.2) is 9.18 Å². The van der Waals surface area contributed by atoms with Gasteiger partial charge in [0.15, 0.2) is 0 Å². The minimum absolute atomic E-state index is 0.0243. The van der Waals surface area contributed by atoms with Crippen LogP contribution in [0.3, 0.4) is 0 Å². The molecule has 0 saturated heterocycles. The molecule has 1 rings (SSSR count). The predicted octanol–water partition coefficient (Wildman–Crippen LogP) is 2.41. The van der Waals surface area contributed by atoms with Crippen molar-refractivity contribution in [3.05, 3.63) is 34.6 Å². The summed E-state index contributed by atoms with van der Waals surface area (Å²) in [6.45, 7) is 4.70. The van der Waals surface area contributed by atoms with Crippen LogP contribution in [-0.4, -0.2) is 38.1 Å². The molecule has 1 aromatic rings. The third-order valence-electron chi connectivity index (χ3n) is 2.80. The van der Waals surface area contributed by atoms with Crippen LogP contribution in [0.2, 0.25) is 0 Å². The summed E-state index contributed by atoms with van der Waals surface area (Å²) < 4.78 is 18.7. The van der Waals surface area contributed by atoms with Crippen molar-refractivity contribution in [1.82, 2.24) is 4.90 Å². The van der Waals surface area contributed by atoms with Crippen LogP contribution in [0, 0.1) is 12.7 Å². The van der Waals surface area contributed by atoms with Gasteiger partial charge in [-0.15, -0.1) is 0 Å². The largest absolute Gasteiger partial charge is 0.461 e. The molecule has 100 valence electrons. The van der Waals surface area contributed by atoms with Crippen LogP contribution in [0.5, 0.6) is 0 Å². The fourth-order valence-corrected chi connectivity index (χ4v) is 1.65. The summed E-state index contributed by atoms with van der Waals surface area (Å²) in [5, 5.41) is 0. The Balaban J connectivity index is 2.79. The maximum Gasteiger partial charge on any atom is 0.341 e. The van der Waals surface area contributed by atoms with Gasteiger partial charge in [0.25, 0.3) is 0 Å². The van der Waals surface area contributed by atoms with E-state index in [2.05, 4.69) is 0 Å². The average Bonchev–Trinajstić information content (AvgIpc) is 2.28. The molecule has 0 aromatic heterocycles. The molecule has 0 fully saturated rings. The fraction of sp³-hybridized carbons (Fsp3) is 0.500. The third kappa shape index (κ3) is 3.81. The molecular formula is C14H20FNO2. The molecule has 1 aromatic carbocycles. The first-order valence-electron chi connectivity index (χ1n) is 6.06. The molecule has 0 unspecified atom stereocenters. The van der Waals surface area contributed by atoms with Crippen molar-refractivity contribution in [2.75, 3.05) is 27.2 Å². The first-order chi connectivity index (χ1) is 8.45. The van der Waals surface area contributed by atoms with E-state index in [0.717, 1.165) is 17.5 Å². The molecular weight excluding hydrogens is 233 g/mol. The molecule has 3 nitrogen and oxygen atoms in total. The van der Waals surface area contributed by atoms with Crippen molar-refractivity contribution < 1.29 is 13.9 Å². The van der Waals surface area contributed by atoms with Gasteiger partial charge in [-0.1, -0.05) is 6.92 Å². The van der Waals surface area contributed by atoms with Crippen LogP contribution in [-0.2, 0) is 11.2 Å². The summed E-state index contributed by atoms with van der Waals surface area (Å²) in [6.07, 6.45) is 0.768. The minimum Gasteiger partial charge on any atom is -0.461 e. The van der Waals surface area contributed by atoms with Crippen molar-refractivity contribution in [2.45, 2.75) is 20.3 Å². The second kappa shape index (κ2) is 6.50. The number of carbonyl (C=O) groups is 1. The summed E-state index contributed by atoms with van der Waals surface area (Å²) in [5.41, 5.74) is 1.85. The van der Waals surface area contributed by atoms with Gasteiger partial charge in [-0.3, -0.25) is 0 Å². The molecule has 0 radical (unpaired) electrons. The number of likely N-dealkylation sites (N-methyl/N-ethyl adjacent to an activating group) is 1. The van der Waals surface area contributed by atoms with Crippen molar-refractivity contribution in [3.63, 3.8) is 0 Å². The van der Waals surface area contributed by atoms with Crippen LogP contribution in [0.4, 0.5) is 4.39 Å². The Morgan fingerprint density at radius 2 is 2.06 bits per heavy atom. The number of esters is 1. The van der Waals surface area contributed by atoms with Gasteiger partial charge in [-0.2, -0.15) is 0 Å². The van der Waals surface area contributed by atoms with Crippen LogP contribution in [0.1, 0.15) is 28.4 Å². The van der Waals surface area contributed by atoms with E-state index in [9.17, 15) is 9.18 Å². The summed E-state index contributed by atoms with van der Waals surface area (Å²) in [4.78, 5) is 13.6. The van der Waals surface area contributed by atoms with Gasteiger partial charge >= 0.3 is 5.97 Å². The van der Waals surface area contributed by atoms with E-state index in [-0.39, 0.29) is 12.2 Å².